The standard InChI is InChI=1S/C20H23ClFN7OS2/c1-11-9-29(5-4-28(11)3)16-6-15(24-12(2)25-16)26-20-23-8-14(32-20)19(30)27-17-13(7-22)10-31-18(17)21/h6,8,10-11H,4-5,7,9H2,1-3H3,(H,27,30)(H,23,24,25,26)/t11-/m0/s1. The van der Waals surface area contributed by atoms with Crippen molar-refractivity contribution < 1.29 is 9.18 Å². The molecular formula is C20H23ClFN7OS2. The van der Waals surface area contributed by atoms with Crippen LogP contribution in [0.3, 0.4) is 0 Å². The Balaban J connectivity index is 1.47. The molecule has 4 rings (SSSR count). The van der Waals surface area contributed by atoms with Gasteiger partial charge in [0.25, 0.3) is 5.91 Å². The lowest BCUT2D eigenvalue weighted by molar-refractivity contribution is 0.103. The van der Waals surface area contributed by atoms with Crippen molar-refractivity contribution in [1.82, 2.24) is 19.9 Å². The maximum Gasteiger partial charge on any atom is 0.267 e. The Hall–Kier alpha value is -2.34. The fraction of sp³-hybridized carbons (Fsp3) is 0.400. The molecule has 0 spiro atoms. The smallest absolute Gasteiger partial charge is 0.267 e. The third kappa shape index (κ3) is 5.01. The van der Waals surface area contributed by atoms with Gasteiger partial charge in [-0.05, 0) is 20.9 Å². The van der Waals surface area contributed by atoms with E-state index >= 15 is 0 Å². The van der Waals surface area contributed by atoms with Gasteiger partial charge < -0.3 is 20.4 Å². The SMILES string of the molecule is Cc1nc(Nc2ncc(C(=O)Nc3c(CF)csc3Cl)s2)cc(N2CCN(C)[C@@H](C)C2)n1. The highest BCUT2D eigenvalue weighted by Crippen LogP contribution is 2.34. The number of thiazole rings is 1. The maximum atomic E-state index is 13.1. The molecule has 1 atom stereocenters. The molecule has 2 N–H and O–H groups in total. The van der Waals surface area contributed by atoms with E-state index in [2.05, 4.69) is 49.4 Å². The second-order valence-corrected chi connectivity index (χ2v) is 10.1. The van der Waals surface area contributed by atoms with Gasteiger partial charge in [-0.15, -0.1) is 11.3 Å². The number of amides is 1. The van der Waals surface area contributed by atoms with Crippen LogP contribution in [-0.4, -0.2) is 58.5 Å². The summed E-state index contributed by atoms with van der Waals surface area (Å²) in [6.45, 7) is 6.10. The molecule has 0 bridgehead atoms. The molecule has 1 fully saturated rings. The first-order valence-corrected chi connectivity index (χ1v) is 12.1. The predicted octanol–water partition coefficient (Wildman–Crippen LogP) is 4.56. The molecule has 8 nitrogen and oxygen atoms in total. The Morgan fingerprint density at radius 1 is 1.38 bits per heavy atom. The number of carbonyl (C=O) groups is 1. The van der Waals surface area contributed by atoms with E-state index in [0.717, 1.165) is 25.5 Å². The molecule has 0 unspecified atom stereocenters. The molecule has 12 heteroatoms. The van der Waals surface area contributed by atoms with E-state index < -0.39 is 12.6 Å². The third-order valence-corrected chi connectivity index (χ3v) is 7.46. The number of hydrogen-bond acceptors (Lipinski definition) is 9. The van der Waals surface area contributed by atoms with Crippen LogP contribution < -0.4 is 15.5 Å². The fourth-order valence-corrected chi connectivity index (χ4v) is 5.10. The van der Waals surface area contributed by atoms with Crippen molar-refractivity contribution in [3.05, 3.63) is 38.2 Å². The average Bonchev–Trinajstić information content (AvgIpc) is 3.36. The number of carbonyl (C=O) groups excluding carboxylic acids is 1. The predicted molar refractivity (Wildman–Crippen MR) is 129 cm³/mol. The van der Waals surface area contributed by atoms with Crippen LogP contribution in [-0.2, 0) is 6.67 Å². The topological polar surface area (TPSA) is 86.3 Å². The summed E-state index contributed by atoms with van der Waals surface area (Å²) in [6.07, 6.45) is 1.47. The Labute approximate surface area is 198 Å². The first kappa shape index (κ1) is 22.8. The molecular weight excluding hydrogens is 473 g/mol. The highest BCUT2D eigenvalue weighted by Gasteiger charge is 2.22. The zero-order valence-electron chi connectivity index (χ0n) is 17.9. The minimum atomic E-state index is -0.699. The number of rotatable bonds is 6. The molecule has 0 aliphatic carbocycles. The monoisotopic (exact) mass is 495 g/mol. The highest BCUT2D eigenvalue weighted by atomic mass is 35.5. The second kappa shape index (κ2) is 9.65. The zero-order valence-corrected chi connectivity index (χ0v) is 20.2. The molecule has 1 aliphatic rings. The lowest BCUT2D eigenvalue weighted by Crippen LogP contribution is -2.50. The number of hydrogen-bond donors (Lipinski definition) is 2. The van der Waals surface area contributed by atoms with Gasteiger partial charge in [0.15, 0.2) is 5.13 Å². The molecule has 0 radical (unpaired) electrons. The molecule has 1 amide bonds. The lowest BCUT2D eigenvalue weighted by Gasteiger charge is -2.38. The van der Waals surface area contributed by atoms with Gasteiger partial charge in [-0.2, -0.15) is 0 Å². The van der Waals surface area contributed by atoms with Gasteiger partial charge in [0.05, 0.1) is 11.9 Å². The summed E-state index contributed by atoms with van der Waals surface area (Å²) >= 11 is 8.43. The number of piperazine rings is 1. The van der Waals surface area contributed by atoms with Crippen molar-refractivity contribution >= 4 is 62.6 Å². The normalized spacial score (nSPS) is 16.9. The summed E-state index contributed by atoms with van der Waals surface area (Å²) in [5.41, 5.74) is 0.669. The van der Waals surface area contributed by atoms with E-state index in [-0.39, 0.29) is 0 Å². The number of nitrogens with zero attached hydrogens (tertiary/aromatic N) is 5. The minimum absolute atomic E-state index is 0.310. The number of alkyl halides is 1. The number of aryl methyl sites for hydroxylation is 1. The van der Waals surface area contributed by atoms with E-state index in [1.807, 2.05) is 13.0 Å². The van der Waals surface area contributed by atoms with E-state index in [0.29, 0.717) is 43.3 Å². The minimum Gasteiger partial charge on any atom is -0.354 e. The Morgan fingerprint density at radius 3 is 2.94 bits per heavy atom. The number of aromatic nitrogens is 3. The van der Waals surface area contributed by atoms with Gasteiger partial charge in [0, 0.05) is 42.7 Å². The van der Waals surface area contributed by atoms with Crippen molar-refractivity contribution in [3.8, 4) is 0 Å². The number of anilines is 4. The van der Waals surface area contributed by atoms with Crippen LogP contribution in [0, 0.1) is 6.92 Å². The van der Waals surface area contributed by atoms with E-state index in [1.165, 1.54) is 28.9 Å². The third-order valence-electron chi connectivity index (χ3n) is 5.28. The summed E-state index contributed by atoms with van der Waals surface area (Å²) in [7, 11) is 2.13. The van der Waals surface area contributed by atoms with Crippen molar-refractivity contribution in [2.45, 2.75) is 26.6 Å². The number of nitrogens with one attached hydrogen (secondary N) is 2. The molecule has 3 aromatic rings. The fourth-order valence-electron chi connectivity index (χ4n) is 3.35. The summed E-state index contributed by atoms with van der Waals surface area (Å²) in [5, 5.41) is 7.96. The van der Waals surface area contributed by atoms with Crippen molar-refractivity contribution in [1.29, 1.82) is 0 Å². The molecule has 3 aromatic heterocycles. The Kier molecular flexibility index (Phi) is 6.89. The summed E-state index contributed by atoms with van der Waals surface area (Å²) in [5.74, 6) is 1.73. The van der Waals surface area contributed by atoms with E-state index in [4.69, 9.17) is 11.6 Å². The maximum absolute atomic E-state index is 13.1. The average molecular weight is 496 g/mol. The Bertz CT molecular complexity index is 1120. The first-order chi connectivity index (χ1) is 15.3. The van der Waals surface area contributed by atoms with Crippen LogP contribution in [0.4, 0.5) is 26.8 Å². The largest absolute Gasteiger partial charge is 0.354 e. The number of halogens is 2. The number of likely N-dealkylation sites (N-methyl/N-ethyl adjacent to an activating group) is 1. The van der Waals surface area contributed by atoms with Crippen LogP contribution >= 0.6 is 34.3 Å². The van der Waals surface area contributed by atoms with Crippen LogP contribution in [0.2, 0.25) is 4.34 Å². The molecule has 1 saturated heterocycles. The van der Waals surface area contributed by atoms with Crippen LogP contribution in [0.5, 0.6) is 0 Å². The summed E-state index contributed by atoms with van der Waals surface area (Å²) in [4.78, 5) is 30.9. The van der Waals surface area contributed by atoms with Crippen LogP contribution in [0.25, 0.3) is 0 Å². The summed E-state index contributed by atoms with van der Waals surface area (Å²) in [6, 6.07) is 2.33. The van der Waals surface area contributed by atoms with E-state index in [1.54, 1.807) is 5.38 Å². The van der Waals surface area contributed by atoms with Crippen LogP contribution in [0.15, 0.2) is 17.6 Å². The van der Waals surface area contributed by atoms with Gasteiger partial charge >= 0.3 is 0 Å². The van der Waals surface area contributed by atoms with Gasteiger partial charge in [-0.3, -0.25) is 4.79 Å². The lowest BCUT2D eigenvalue weighted by atomic mass is 10.2. The summed E-state index contributed by atoms with van der Waals surface area (Å²) < 4.78 is 13.4. The molecule has 32 heavy (non-hydrogen) atoms. The van der Waals surface area contributed by atoms with Gasteiger partial charge in [-0.1, -0.05) is 22.9 Å². The first-order valence-electron chi connectivity index (χ1n) is 10.0. The zero-order chi connectivity index (χ0) is 22.8. The van der Waals surface area contributed by atoms with E-state index in [9.17, 15) is 9.18 Å². The number of thiophene rings is 1. The molecule has 4 heterocycles. The molecule has 1 aliphatic heterocycles. The Morgan fingerprint density at radius 2 is 2.19 bits per heavy atom. The second-order valence-electron chi connectivity index (χ2n) is 7.59. The molecule has 170 valence electrons. The highest BCUT2D eigenvalue weighted by molar-refractivity contribution is 7.17. The van der Waals surface area contributed by atoms with Crippen molar-refractivity contribution in [3.63, 3.8) is 0 Å². The van der Waals surface area contributed by atoms with Gasteiger partial charge in [-0.25, -0.2) is 19.3 Å². The van der Waals surface area contributed by atoms with Gasteiger partial charge in [0.2, 0.25) is 0 Å². The van der Waals surface area contributed by atoms with Crippen molar-refractivity contribution in [2.24, 2.45) is 0 Å². The quantitative estimate of drug-likeness (QED) is 0.518. The molecule has 0 aromatic carbocycles. The van der Waals surface area contributed by atoms with Crippen molar-refractivity contribution in [2.75, 3.05) is 42.2 Å². The van der Waals surface area contributed by atoms with Crippen LogP contribution in [0.1, 0.15) is 28.0 Å². The van der Waals surface area contributed by atoms with Gasteiger partial charge in [0.1, 0.15) is 33.3 Å². The molecule has 0 saturated carbocycles.